The third-order valence-electron chi connectivity index (χ3n) is 3.40. The number of hydrogen-bond acceptors (Lipinski definition) is 2. The molecule has 1 saturated heterocycles. The Labute approximate surface area is 122 Å². The van der Waals surface area contributed by atoms with Gasteiger partial charge in [-0.25, -0.2) is 4.39 Å². The van der Waals surface area contributed by atoms with E-state index in [4.69, 9.17) is 9.47 Å². The molecule has 4 heteroatoms. The van der Waals surface area contributed by atoms with Crippen LogP contribution in [0.1, 0.15) is 38.4 Å². The molecule has 3 atom stereocenters. The molecule has 2 nitrogen and oxygen atoms in total. The molecule has 106 valence electrons. The van der Waals surface area contributed by atoms with Gasteiger partial charge in [0, 0.05) is 10.9 Å². The predicted molar refractivity (Wildman–Crippen MR) is 77.1 cm³/mol. The SMILES string of the molecule is CC1CC(OC(CBr)c2ccccc2F)CC(C)O1. The lowest BCUT2D eigenvalue weighted by Gasteiger charge is -2.34. The van der Waals surface area contributed by atoms with Crippen LogP contribution in [0.4, 0.5) is 4.39 Å². The van der Waals surface area contributed by atoms with Crippen LogP contribution in [0.5, 0.6) is 0 Å². The van der Waals surface area contributed by atoms with Crippen molar-refractivity contribution in [2.45, 2.75) is 51.1 Å². The number of benzene rings is 1. The molecular weight excluding hydrogens is 311 g/mol. The van der Waals surface area contributed by atoms with Crippen molar-refractivity contribution in [3.63, 3.8) is 0 Å². The highest BCUT2D eigenvalue weighted by molar-refractivity contribution is 9.09. The Morgan fingerprint density at radius 3 is 2.53 bits per heavy atom. The molecule has 3 unspecified atom stereocenters. The Balaban J connectivity index is 2.05. The van der Waals surface area contributed by atoms with Crippen LogP contribution in [-0.4, -0.2) is 23.6 Å². The van der Waals surface area contributed by atoms with Gasteiger partial charge in [0.2, 0.25) is 0 Å². The summed E-state index contributed by atoms with van der Waals surface area (Å²) in [4.78, 5) is 0. The Hall–Kier alpha value is -0.450. The maximum absolute atomic E-state index is 13.8. The smallest absolute Gasteiger partial charge is 0.129 e. The molecule has 0 bridgehead atoms. The summed E-state index contributed by atoms with van der Waals surface area (Å²) in [5.41, 5.74) is 0.617. The van der Waals surface area contributed by atoms with E-state index in [1.54, 1.807) is 12.1 Å². The first-order valence-corrected chi connectivity index (χ1v) is 7.83. The molecule has 19 heavy (non-hydrogen) atoms. The molecule has 1 fully saturated rings. The topological polar surface area (TPSA) is 18.5 Å². The molecular formula is C15H20BrFO2. The number of hydrogen-bond donors (Lipinski definition) is 0. The number of halogens is 2. The number of alkyl halides is 1. The van der Waals surface area contributed by atoms with E-state index in [9.17, 15) is 4.39 Å². The number of rotatable bonds is 4. The molecule has 1 aromatic carbocycles. The van der Waals surface area contributed by atoms with E-state index in [1.165, 1.54) is 6.07 Å². The van der Waals surface area contributed by atoms with Crippen LogP contribution < -0.4 is 0 Å². The van der Waals surface area contributed by atoms with Crippen molar-refractivity contribution in [1.82, 2.24) is 0 Å². The first kappa shape index (κ1) is 14.9. The van der Waals surface area contributed by atoms with E-state index < -0.39 is 0 Å². The fourth-order valence-electron chi connectivity index (χ4n) is 2.62. The van der Waals surface area contributed by atoms with Crippen LogP contribution in [0.15, 0.2) is 24.3 Å². The lowest BCUT2D eigenvalue weighted by molar-refractivity contribution is -0.118. The monoisotopic (exact) mass is 330 g/mol. The zero-order valence-electron chi connectivity index (χ0n) is 11.3. The minimum atomic E-state index is -0.247. The molecule has 1 aliphatic heterocycles. The Bertz CT molecular complexity index is 403. The van der Waals surface area contributed by atoms with Gasteiger partial charge in [-0.2, -0.15) is 0 Å². The second-order valence-electron chi connectivity index (χ2n) is 5.15. The van der Waals surface area contributed by atoms with Crippen LogP contribution in [0, 0.1) is 5.82 Å². The molecule has 0 saturated carbocycles. The summed E-state index contributed by atoms with van der Waals surface area (Å²) < 4.78 is 25.6. The van der Waals surface area contributed by atoms with Gasteiger partial charge in [0.25, 0.3) is 0 Å². The van der Waals surface area contributed by atoms with Gasteiger partial charge in [0.1, 0.15) is 5.82 Å². The molecule has 0 amide bonds. The van der Waals surface area contributed by atoms with E-state index in [0.29, 0.717) is 10.9 Å². The van der Waals surface area contributed by atoms with Crippen molar-refractivity contribution >= 4 is 15.9 Å². The molecule has 0 radical (unpaired) electrons. The van der Waals surface area contributed by atoms with Crippen molar-refractivity contribution in [3.05, 3.63) is 35.6 Å². The molecule has 0 aliphatic carbocycles. The first-order chi connectivity index (χ1) is 9.10. The fraction of sp³-hybridized carbons (Fsp3) is 0.600. The molecule has 2 rings (SSSR count). The molecule has 1 aliphatic rings. The maximum atomic E-state index is 13.8. The van der Waals surface area contributed by atoms with Gasteiger partial charge < -0.3 is 9.47 Å². The van der Waals surface area contributed by atoms with Crippen molar-refractivity contribution in [3.8, 4) is 0 Å². The van der Waals surface area contributed by atoms with Gasteiger partial charge in [0.05, 0.1) is 24.4 Å². The Kier molecular flexibility index (Phi) is 5.37. The maximum Gasteiger partial charge on any atom is 0.129 e. The summed E-state index contributed by atoms with van der Waals surface area (Å²) in [5, 5.41) is 0.591. The third-order valence-corrected chi connectivity index (χ3v) is 3.99. The minimum Gasteiger partial charge on any atom is -0.375 e. The summed E-state index contributed by atoms with van der Waals surface area (Å²) in [6, 6.07) is 6.80. The van der Waals surface area contributed by atoms with Gasteiger partial charge in [-0.3, -0.25) is 0 Å². The van der Waals surface area contributed by atoms with Crippen molar-refractivity contribution in [2.75, 3.05) is 5.33 Å². The molecule has 0 N–H and O–H groups in total. The average Bonchev–Trinajstić information content (AvgIpc) is 2.36. The summed E-state index contributed by atoms with van der Waals surface area (Å²) in [6.45, 7) is 4.11. The average molecular weight is 331 g/mol. The summed E-state index contributed by atoms with van der Waals surface area (Å²) in [6.07, 6.45) is 2.00. The fourth-order valence-corrected chi connectivity index (χ4v) is 3.12. The van der Waals surface area contributed by atoms with E-state index in [0.717, 1.165) is 12.8 Å². The summed E-state index contributed by atoms with van der Waals surface area (Å²) >= 11 is 3.42. The third kappa shape index (κ3) is 4.01. The van der Waals surface area contributed by atoms with Crippen LogP contribution in [-0.2, 0) is 9.47 Å². The zero-order chi connectivity index (χ0) is 13.8. The summed E-state index contributed by atoms with van der Waals surface area (Å²) in [7, 11) is 0. The van der Waals surface area contributed by atoms with E-state index >= 15 is 0 Å². The quantitative estimate of drug-likeness (QED) is 0.769. The molecule has 0 aromatic heterocycles. The van der Waals surface area contributed by atoms with Crippen LogP contribution in [0.3, 0.4) is 0 Å². The highest BCUT2D eigenvalue weighted by atomic mass is 79.9. The minimum absolute atomic E-state index is 0.126. The highest BCUT2D eigenvalue weighted by Crippen LogP contribution is 2.29. The van der Waals surface area contributed by atoms with Gasteiger partial charge in [0.15, 0.2) is 0 Å². The lowest BCUT2D eigenvalue weighted by Crippen LogP contribution is -2.35. The van der Waals surface area contributed by atoms with Crippen LogP contribution in [0.25, 0.3) is 0 Å². The van der Waals surface area contributed by atoms with Crippen LogP contribution >= 0.6 is 15.9 Å². The second-order valence-corrected chi connectivity index (χ2v) is 5.80. The van der Waals surface area contributed by atoms with Crippen molar-refractivity contribution in [2.24, 2.45) is 0 Å². The van der Waals surface area contributed by atoms with Crippen LogP contribution in [0.2, 0.25) is 0 Å². The molecule has 1 aromatic rings. The van der Waals surface area contributed by atoms with Gasteiger partial charge in [-0.05, 0) is 32.8 Å². The van der Waals surface area contributed by atoms with Gasteiger partial charge in [-0.1, -0.05) is 34.1 Å². The standard InChI is InChI=1S/C15H20BrFO2/c1-10-7-12(8-11(2)18-10)19-15(9-16)13-5-3-4-6-14(13)17/h3-6,10-12,15H,7-9H2,1-2H3. The second kappa shape index (κ2) is 6.82. The lowest BCUT2D eigenvalue weighted by atomic mass is 10.0. The molecule has 0 spiro atoms. The zero-order valence-corrected chi connectivity index (χ0v) is 12.9. The van der Waals surface area contributed by atoms with E-state index in [-0.39, 0.29) is 30.2 Å². The normalized spacial score (nSPS) is 29.2. The van der Waals surface area contributed by atoms with Gasteiger partial charge in [-0.15, -0.1) is 0 Å². The Morgan fingerprint density at radius 2 is 1.95 bits per heavy atom. The van der Waals surface area contributed by atoms with Gasteiger partial charge >= 0.3 is 0 Å². The summed E-state index contributed by atoms with van der Waals surface area (Å²) in [5.74, 6) is -0.208. The Morgan fingerprint density at radius 1 is 1.32 bits per heavy atom. The highest BCUT2D eigenvalue weighted by Gasteiger charge is 2.28. The first-order valence-electron chi connectivity index (χ1n) is 6.71. The van der Waals surface area contributed by atoms with Crippen molar-refractivity contribution < 1.29 is 13.9 Å². The predicted octanol–water partition coefficient (Wildman–Crippen LogP) is 4.23. The number of ether oxygens (including phenoxy) is 2. The van der Waals surface area contributed by atoms with E-state index in [2.05, 4.69) is 29.8 Å². The molecule has 1 heterocycles. The largest absolute Gasteiger partial charge is 0.375 e. The van der Waals surface area contributed by atoms with E-state index in [1.807, 2.05) is 6.07 Å². The van der Waals surface area contributed by atoms with Crippen molar-refractivity contribution in [1.29, 1.82) is 0 Å².